The highest BCUT2D eigenvalue weighted by molar-refractivity contribution is 5.28. The first-order chi connectivity index (χ1) is 9.28. The van der Waals surface area contributed by atoms with Gasteiger partial charge in [0.05, 0.1) is 0 Å². The first-order valence-electron chi connectivity index (χ1n) is 8.06. The number of nitrogens with one attached hydrogen (secondary N) is 1. The fourth-order valence-corrected chi connectivity index (χ4v) is 4.51. The fraction of sp³-hybridized carbons (Fsp3) is 0.667. The molecule has 0 spiro atoms. The molecule has 4 atom stereocenters. The van der Waals surface area contributed by atoms with Crippen molar-refractivity contribution in [2.75, 3.05) is 6.54 Å². The van der Waals surface area contributed by atoms with Crippen molar-refractivity contribution in [2.24, 2.45) is 17.8 Å². The van der Waals surface area contributed by atoms with Crippen molar-refractivity contribution in [3.63, 3.8) is 0 Å². The molecule has 3 rings (SSSR count). The molecule has 0 radical (unpaired) electrons. The molecule has 1 N–H and O–H groups in total. The van der Waals surface area contributed by atoms with Crippen molar-refractivity contribution >= 4 is 0 Å². The van der Waals surface area contributed by atoms with Crippen LogP contribution in [0.15, 0.2) is 24.3 Å². The predicted octanol–water partition coefficient (Wildman–Crippen LogP) is 4.47. The van der Waals surface area contributed by atoms with Crippen molar-refractivity contribution in [1.82, 2.24) is 5.32 Å². The van der Waals surface area contributed by atoms with E-state index in [0.29, 0.717) is 6.04 Å². The van der Waals surface area contributed by atoms with Gasteiger partial charge in [0.2, 0.25) is 0 Å². The van der Waals surface area contributed by atoms with Crippen LogP contribution in [0.2, 0.25) is 0 Å². The Labute approximate surface area is 117 Å². The third-order valence-corrected chi connectivity index (χ3v) is 5.44. The highest BCUT2D eigenvalue weighted by Gasteiger charge is 2.40. The minimum absolute atomic E-state index is 0.565. The first-order valence-corrected chi connectivity index (χ1v) is 8.06. The molecule has 2 bridgehead atoms. The third-order valence-electron chi connectivity index (χ3n) is 5.44. The summed E-state index contributed by atoms with van der Waals surface area (Å²) in [5, 5.41) is 3.73. The van der Waals surface area contributed by atoms with Crippen LogP contribution in [0.25, 0.3) is 0 Å². The molecule has 2 fully saturated rings. The van der Waals surface area contributed by atoms with Crippen LogP contribution in [-0.4, -0.2) is 6.54 Å². The summed E-state index contributed by atoms with van der Waals surface area (Å²) in [5.41, 5.74) is 2.96. The van der Waals surface area contributed by atoms with E-state index in [0.717, 1.165) is 24.3 Å². The highest BCUT2D eigenvalue weighted by Crippen LogP contribution is 2.51. The van der Waals surface area contributed by atoms with Crippen LogP contribution in [0.3, 0.4) is 0 Å². The molecule has 2 aliphatic carbocycles. The van der Waals surface area contributed by atoms with E-state index in [2.05, 4.69) is 43.4 Å². The zero-order valence-electron chi connectivity index (χ0n) is 12.4. The average molecular weight is 257 g/mol. The van der Waals surface area contributed by atoms with Crippen molar-refractivity contribution in [1.29, 1.82) is 0 Å². The van der Waals surface area contributed by atoms with Crippen molar-refractivity contribution in [3.05, 3.63) is 35.4 Å². The SMILES string of the molecule is CCNC(CC1CC2CCC1C2)c1ccccc1C. The van der Waals surface area contributed by atoms with Crippen LogP contribution in [0, 0.1) is 24.7 Å². The van der Waals surface area contributed by atoms with Crippen molar-refractivity contribution in [2.45, 2.75) is 52.0 Å². The second kappa shape index (κ2) is 5.66. The van der Waals surface area contributed by atoms with Gasteiger partial charge in [-0.3, -0.25) is 0 Å². The molecular weight excluding hydrogens is 230 g/mol. The number of hydrogen-bond donors (Lipinski definition) is 1. The maximum absolute atomic E-state index is 3.73. The van der Waals surface area contributed by atoms with E-state index >= 15 is 0 Å². The normalized spacial score (nSPS) is 30.7. The lowest BCUT2D eigenvalue weighted by Gasteiger charge is -2.28. The number of rotatable bonds is 5. The van der Waals surface area contributed by atoms with Crippen LogP contribution >= 0.6 is 0 Å². The average Bonchev–Trinajstić information content (AvgIpc) is 3.01. The molecule has 0 heterocycles. The molecular formula is C18H27N. The quantitative estimate of drug-likeness (QED) is 0.820. The van der Waals surface area contributed by atoms with Gasteiger partial charge in [-0.15, -0.1) is 0 Å². The maximum atomic E-state index is 3.73. The second-order valence-corrected chi connectivity index (χ2v) is 6.64. The van der Waals surface area contributed by atoms with Gasteiger partial charge < -0.3 is 5.32 Å². The molecule has 4 unspecified atom stereocenters. The van der Waals surface area contributed by atoms with E-state index in [1.54, 1.807) is 0 Å². The Balaban J connectivity index is 1.73. The van der Waals surface area contributed by atoms with Crippen LogP contribution in [0.1, 0.15) is 56.2 Å². The molecule has 2 saturated carbocycles. The molecule has 104 valence electrons. The van der Waals surface area contributed by atoms with Gasteiger partial charge >= 0.3 is 0 Å². The zero-order chi connectivity index (χ0) is 13.2. The zero-order valence-corrected chi connectivity index (χ0v) is 12.4. The van der Waals surface area contributed by atoms with E-state index in [4.69, 9.17) is 0 Å². The molecule has 19 heavy (non-hydrogen) atoms. The summed E-state index contributed by atoms with van der Waals surface area (Å²) in [6, 6.07) is 9.47. The lowest BCUT2D eigenvalue weighted by atomic mass is 9.82. The summed E-state index contributed by atoms with van der Waals surface area (Å²) < 4.78 is 0. The second-order valence-electron chi connectivity index (χ2n) is 6.64. The third kappa shape index (κ3) is 2.72. The molecule has 1 aromatic carbocycles. The molecule has 1 aromatic rings. The predicted molar refractivity (Wildman–Crippen MR) is 81.2 cm³/mol. The van der Waals surface area contributed by atoms with Crippen LogP contribution in [0.5, 0.6) is 0 Å². The monoisotopic (exact) mass is 257 g/mol. The van der Waals surface area contributed by atoms with E-state index in [1.807, 2.05) is 0 Å². The fourth-order valence-electron chi connectivity index (χ4n) is 4.51. The maximum Gasteiger partial charge on any atom is 0.0325 e. The van der Waals surface area contributed by atoms with Gasteiger partial charge in [0.15, 0.2) is 0 Å². The van der Waals surface area contributed by atoms with Crippen LogP contribution in [-0.2, 0) is 0 Å². The Kier molecular flexibility index (Phi) is 3.93. The number of benzene rings is 1. The Hall–Kier alpha value is -0.820. The molecule has 0 aliphatic heterocycles. The van der Waals surface area contributed by atoms with E-state index in [9.17, 15) is 0 Å². The number of fused-ring (bicyclic) bond motifs is 2. The van der Waals surface area contributed by atoms with E-state index in [-0.39, 0.29) is 0 Å². The number of aryl methyl sites for hydroxylation is 1. The van der Waals surface area contributed by atoms with Crippen LogP contribution < -0.4 is 5.32 Å². The number of hydrogen-bond acceptors (Lipinski definition) is 1. The minimum Gasteiger partial charge on any atom is -0.310 e. The van der Waals surface area contributed by atoms with Crippen molar-refractivity contribution in [3.8, 4) is 0 Å². The molecule has 0 amide bonds. The van der Waals surface area contributed by atoms with Gasteiger partial charge in [-0.05, 0) is 68.0 Å². The molecule has 1 nitrogen and oxygen atoms in total. The largest absolute Gasteiger partial charge is 0.310 e. The minimum atomic E-state index is 0.565. The summed E-state index contributed by atoms with van der Waals surface area (Å²) in [7, 11) is 0. The van der Waals surface area contributed by atoms with Gasteiger partial charge in [-0.2, -0.15) is 0 Å². The highest BCUT2D eigenvalue weighted by atomic mass is 14.9. The van der Waals surface area contributed by atoms with Crippen molar-refractivity contribution < 1.29 is 0 Å². The van der Waals surface area contributed by atoms with Gasteiger partial charge in [0, 0.05) is 6.04 Å². The first kappa shape index (κ1) is 13.2. The summed E-state index contributed by atoms with van der Waals surface area (Å²) >= 11 is 0. The standard InChI is InChI=1S/C18H27N/c1-3-19-18(17-7-5-4-6-13(17)2)12-16-11-14-8-9-15(16)10-14/h4-7,14-16,18-19H,3,8-12H2,1-2H3. The summed E-state index contributed by atoms with van der Waals surface area (Å²) in [6.45, 7) is 5.55. The Morgan fingerprint density at radius 2 is 2.05 bits per heavy atom. The lowest BCUT2D eigenvalue weighted by molar-refractivity contribution is 0.280. The lowest BCUT2D eigenvalue weighted by Crippen LogP contribution is -2.26. The molecule has 0 saturated heterocycles. The summed E-state index contributed by atoms with van der Waals surface area (Å²) in [4.78, 5) is 0. The molecule has 2 aliphatic rings. The van der Waals surface area contributed by atoms with Gasteiger partial charge in [-0.25, -0.2) is 0 Å². The van der Waals surface area contributed by atoms with E-state index < -0.39 is 0 Å². The summed E-state index contributed by atoms with van der Waals surface area (Å²) in [6.07, 6.45) is 7.38. The Bertz CT molecular complexity index is 425. The van der Waals surface area contributed by atoms with Crippen LogP contribution in [0.4, 0.5) is 0 Å². The van der Waals surface area contributed by atoms with E-state index in [1.165, 1.54) is 43.2 Å². The molecule has 0 aromatic heterocycles. The molecule has 1 heteroatoms. The van der Waals surface area contributed by atoms with Gasteiger partial charge in [0.25, 0.3) is 0 Å². The smallest absolute Gasteiger partial charge is 0.0325 e. The summed E-state index contributed by atoms with van der Waals surface area (Å²) in [5.74, 6) is 3.08. The van der Waals surface area contributed by atoms with Gasteiger partial charge in [0.1, 0.15) is 0 Å². The van der Waals surface area contributed by atoms with Gasteiger partial charge in [-0.1, -0.05) is 37.6 Å². The topological polar surface area (TPSA) is 12.0 Å². The Morgan fingerprint density at radius 3 is 2.68 bits per heavy atom. The Morgan fingerprint density at radius 1 is 1.21 bits per heavy atom.